The third-order valence-corrected chi connectivity index (χ3v) is 6.90. The summed E-state index contributed by atoms with van der Waals surface area (Å²) < 4.78 is 23.5. The Kier molecular flexibility index (Phi) is 5.64. The molecular weight excluding hydrogens is 338 g/mol. The average Bonchev–Trinajstić information content (AvgIpc) is 2.58. The maximum atomic E-state index is 12.2. The van der Waals surface area contributed by atoms with E-state index >= 15 is 0 Å². The maximum absolute atomic E-state index is 12.2. The quantitative estimate of drug-likeness (QED) is 0.815. The summed E-state index contributed by atoms with van der Waals surface area (Å²) in [6, 6.07) is 8.49. The Balaban J connectivity index is 1.41. The van der Waals surface area contributed by atoms with Crippen molar-refractivity contribution in [1.82, 2.24) is 10.2 Å². The van der Waals surface area contributed by atoms with Gasteiger partial charge in [-0.2, -0.15) is 0 Å². The number of hydrogen-bond donors (Lipinski definition) is 2. The van der Waals surface area contributed by atoms with Gasteiger partial charge < -0.3 is 15.5 Å². The van der Waals surface area contributed by atoms with Crippen LogP contribution < -0.4 is 10.6 Å². The van der Waals surface area contributed by atoms with Gasteiger partial charge in [-0.15, -0.1) is 0 Å². The van der Waals surface area contributed by atoms with Gasteiger partial charge >= 0.3 is 0 Å². The fourth-order valence-electron chi connectivity index (χ4n) is 3.57. The second-order valence-electron chi connectivity index (χ2n) is 7.13. The van der Waals surface area contributed by atoms with Crippen molar-refractivity contribution in [2.24, 2.45) is 0 Å². The molecule has 2 aliphatic rings. The monoisotopic (exact) mass is 365 g/mol. The van der Waals surface area contributed by atoms with Crippen LogP contribution in [-0.2, 0) is 21.1 Å². The molecule has 1 saturated heterocycles. The number of anilines is 1. The van der Waals surface area contributed by atoms with E-state index in [1.165, 1.54) is 11.3 Å². The fraction of sp³-hybridized carbons (Fsp3) is 0.611. The van der Waals surface area contributed by atoms with Gasteiger partial charge in [-0.25, -0.2) is 8.42 Å². The van der Waals surface area contributed by atoms with E-state index < -0.39 is 9.84 Å². The van der Waals surface area contributed by atoms with E-state index in [4.69, 9.17) is 0 Å². The normalized spacial score (nSPS) is 25.6. The van der Waals surface area contributed by atoms with E-state index in [0.717, 1.165) is 19.3 Å². The van der Waals surface area contributed by atoms with Gasteiger partial charge in [0.05, 0.1) is 11.5 Å². The van der Waals surface area contributed by atoms with Crippen molar-refractivity contribution >= 4 is 21.4 Å². The summed E-state index contributed by atoms with van der Waals surface area (Å²) >= 11 is 0. The molecule has 2 N–H and O–H groups in total. The number of rotatable bonds is 5. The Morgan fingerprint density at radius 1 is 1.36 bits per heavy atom. The number of fused-ring (bicyclic) bond motifs is 1. The Labute approximate surface area is 149 Å². The van der Waals surface area contributed by atoms with Crippen LogP contribution in [-0.4, -0.2) is 63.0 Å². The Morgan fingerprint density at radius 3 is 3.00 bits per heavy atom. The highest BCUT2D eigenvalue weighted by Crippen LogP contribution is 2.25. The van der Waals surface area contributed by atoms with Crippen LogP contribution in [0.1, 0.15) is 24.8 Å². The Hall–Kier alpha value is -1.60. The van der Waals surface area contributed by atoms with Crippen molar-refractivity contribution in [3.63, 3.8) is 0 Å². The van der Waals surface area contributed by atoms with Gasteiger partial charge in [0.1, 0.15) is 0 Å². The van der Waals surface area contributed by atoms with Crippen LogP contribution in [0.15, 0.2) is 24.3 Å². The zero-order chi connectivity index (χ0) is 17.9. The number of carbonyl (C=O) groups is 1. The van der Waals surface area contributed by atoms with Crippen LogP contribution in [0.3, 0.4) is 0 Å². The van der Waals surface area contributed by atoms with Gasteiger partial charge in [0.15, 0.2) is 9.84 Å². The molecule has 1 aromatic carbocycles. The molecule has 25 heavy (non-hydrogen) atoms. The minimum absolute atomic E-state index is 0.0647. The van der Waals surface area contributed by atoms with E-state index in [2.05, 4.69) is 28.8 Å². The number of aryl methyl sites for hydroxylation is 1. The number of benzene rings is 1. The van der Waals surface area contributed by atoms with Crippen molar-refractivity contribution in [1.29, 1.82) is 0 Å². The number of carbonyl (C=O) groups excluding carboxylic acids is 1. The van der Waals surface area contributed by atoms with Crippen LogP contribution in [0.5, 0.6) is 0 Å². The number of amides is 1. The lowest BCUT2D eigenvalue weighted by Crippen LogP contribution is -2.48. The second-order valence-corrected chi connectivity index (χ2v) is 9.36. The zero-order valence-electron chi connectivity index (χ0n) is 14.7. The molecule has 2 atom stereocenters. The molecule has 138 valence electrons. The number of nitrogens with one attached hydrogen (secondary N) is 2. The van der Waals surface area contributed by atoms with Gasteiger partial charge in [0.2, 0.25) is 5.91 Å². The van der Waals surface area contributed by atoms with Crippen molar-refractivity contribution in [2.75, 3.05) is 37.0 Å². The van der Waals surface area contributed by atoms with E-state index in [1.54, 1.807) is 0 Å². The van der Waals surface area contributed by atoms with E-state index in [1.807, 2.05) is 18.0 Å². The standard InChI is InChI=1S/C18H27N3O3S/c1-21-10-11-25(23,24)13-16(21)12-18(22)19-9-8-15-7-6-14-4-2-3-5-17(14)20-15/h2-5,15-16,20H,6-13H2,1H3,(H,19,22). The van der Waals surface area contributed by atoms with E-state index in [0.29, 0.717) is 19.1 Å². The molecule has 3 rings (SSSR count). The zero-order valence-corrected chi connectivity index (χ0v) is 15.5. The second kappa shape index (κ2) is 7.74. The molecule has 2 aliphatic heterocycles. The lowest BCUT2D eigenvalue weighted by Gasteiger charge is -2.31. The average molecular weight is 365 g/mol. The van der Waals surface area contributed by atoms with Crippen LogP contribution in [0, 0.1) is 0 Å². The largest absolute Gasteiger partial charge is 0.382 e. The summed E-state index contributed by atoms with van der Waals surface area (Å²) in [6.45, 7) is 1.12. The molecule has 2 unspecified atom stereocenters. The fourth-order valence-corrected chi connectivity index (χ4v) is 5.26. The minimum Gasteiger partial charge on any atom is -0.382 e. The van der Waals surface area contributed by atoms with Gasteiger partial charge in [-0.1, -0.05) is 18.2 Å². The molecule has 1 amide bonds. The summed E-state index contributed by atoms with van der Waals surface area (Å²) in [4.78, 5) is 14.1. The molecular formula is C18H27N3O3S. The maximum Gasteiger partial charge on any atom is 0.221 e. The van der Waals surface area contributed by atoms with Crippen molar-refractivity contribution in [3.05, 3.63) is 29.8 Å². The molecule has 1 aromatic rings. The summed E-state index contributed by atoms with van der Waals surface area (Å²) in [5.74, 6) is 0.207. The summed E-state index contributed by atoms with van der Waals surface area (Å²) in [5, 5.41) is 6.48. The van der Waals surface area contributed by atoms with Crippen LogP contribution in [0.25, 0.3) is 0 Å². The van der Waals surface area contributed by atoms with Crippen LogP contribution in [0.2, 0.25) is 0 Å². The topological polar surface area (TPSA) is 78.5 Å². The molecule has 0 spiro atoms. The molecule has 0 aliphatic carbocycles. The molecule has 6 nitrogen and oxygen atoms in total. The third-order valence-electron chi connectivity index (χ3n) is 5.20. The first-order valence-corrected chi connectivity index (χ1v) is 10.8. The van der Waals surface area contributed by atoms with Gasteiger partial charge in [0.25, 0.3) is 0 Å². The van der Waals surface area contributed by atoms with E-state index in [9.17, 15) is 13.2 Å². The highest BCUT2D eigenvalue weighted by atomic mass is 32.2. The summed E-state index contributed by atoms with van der Waals surface area (Å²) in [5.41, 5.74) is 2.54. The smallest absolute Gasteiger partial charge is 0.221 e. The predicted octanol–water partition coefficient (Wildman–Crippen LogP) is 1.04. The first-order chi connectivity index (χ1) is 11.9. The van der Waals surface area contributed by atoms with Gasteiger partial charge in [0, 0.05) is 37.3 Å². The van der Waals surface area contributed by atoms with Crippen molar-refractivity contribution in [2.45, 2.75) is 37.8 Å². The molecule has 0 bridgehead atoms. The number of hydrogen-bond acceptors (Lipinski definition) is 5. The SMILES string of the molecule is CN1CCS(=O)(=O)CC1CC(=O)NCCC1CCc2ccccc2N1. The first-order valence-electron chi connectivity index (χ1n) is 8.95. The molecule has 0 radical (unpaired) electrons. The Morgan fingerprint density at radius 2 is 2.16 bits per heavy atom. The lowest BCUT2D eigenvalue weighted by atomic mass is 9.96. The van der Waals surface area contributed by atoms with E-state index in [-0.39, 0.29) is 29.9 Å². The summed E-state index contributed by atoms with van der Waals surface area (Å²) in [6.07, 6.45) is 3.25. The molecule has 1 fully saturated rings. The first kappa shape index (κ1) is 18.2. The number of sulfone groups is 1. The predicted molar refractivity (Wildman–Crippen MR) is 99.5 cm³/mol. The Bertz CT molecular complexity index is 720. The highest BCUT2D eigenvalue weighted by molar-refractivity contribution is 7.91. The summed E-state index contributed by atoms with van der Waals surface area (Å²) in [7, 11) is -1.12. The van der Waals surface area contributed by atoms with Crippen LogP contribution >= 0.6 is 0 Å². The number of nitrogens with zero attached hydrogens (tertiary/aromatic N) is 1. The third kappa shape index (κ3) is 4.95. The molecule has 0 saturated carbocycles. The van der Waals surface area contributed by atoms with Crippen molar-refractivity contribution < 1.29 is 13.2 Å². The van der Waals surface area contributed by atoms with Gasteiger partial charge in [-0.05, 0) is 37.9 Å². The highest BCUT2D eigenvalue weighted by Gasteiger charge is 2.30. The molecule has 0 aromatic heterocycles. The van der Waals surface area contributed by atoms with Crippen LogP contribution in [0.4, 0.5) is 5.69 Å². The lowest BCUT2D eigenvalue weighted by molar-refractivity contribution is -0.122. The molecule has 7 heteroatoms. The minimum atomic E-state index is -3.01. The van der Waals surface area contributed by atoms with Gasteiger partial charge in [-0.3, -0.25) is 4.79 Å². The molecule has 2 heterocycles. The number of para-hydroxylation sites is 1. The van der Waals surface area contributed by atoms with Crippen molar-refractivity contribution in [3.8, 4) is 0 Å².